The fourth-order valence-electron chi connectivity index (χ4n) is 4.55. The Morgan fingerprint density at radius 2 is 1.61 bits per heavy atom. The molecular weight excluding hydrogens is 471 g/mol. The molecule has 2 unspecified atom stereocenters. The molecule has 0 aliphatic carbocycles. The number of aliphatic hydroxyl groups is 2. The summed E-state index contributed by atoms with van der Waals surface area (Å²) in [6.45, 7) is 4.54. The van der Waals surface area contributed by atoms with Gasteiger partial charge in [-0.15, -0.1) is 0 Å². The number of aliphatic hydroxyl groups excluding tert-OH is 2. The second kappa shape index (κ2) is 13.4. The Bertz CT molecular complexity index is 977. The van der Waals surface area contributed by atoms with Crippen molar-refractivity contribution >= 4 is 11.9 Å². The van der Waals surface area contributed by atoms with Gasteiger partial charge in [0.1, 0.15) is 5.82 Å². The number of carboxylic acid groups (broad SMARTS) is 2. The molecule has 2 heterocycles. The van der Waals surface area contributed by atoms with Crippen LogP contribution in [0.4, 0.5) is 4.39 Å². The van der Waals surface area contributed by atoms with Crippen molar-refractivity contribution in [2.24, 2.45) is 0 Å². The molecule has 3 atom stereocenters. The molecule has 4 rings (SSSR count). The lowest BCUT2D eigenvalue weighted by Crippen LogP contribution is -2.46. The van der Waals surface area contributed by atoms with Crippen LogP contribution in [0.5, 0.6) is 0 Å². The van der Waals surface area contributed by atoms with Crippen molar-refractivity contribution in [3.8, 4) is 11.1 Å². The molecular formula is C26H33FN2O7. The van der Waals surface area contributed by atoms with Crippen molar-refractivity contribution < 1.29 is 39.1 Å². The first-order valence-electron chi connectivity index (χ1n) is 12.0. The zero-order valence-electron chi connectivity index (χ0n) is 19.9. The van der Waals surface area contributed by atoms with Gasteiger partial charge in [-0.1, -0.05) is 36.4 Å². The Morgan fingerprint density at radius 3 is 2.17 bits per heavy atom. The van der Waals surface area contributed by atoms with Gasteiger partial charge < -0.3 is 30.5 Å². The van der Waals surface area contributed by atoms with Crippen LogP contribution in [0.2, 0.25) is 0 Å². The summed E-state index contributed by atoms with van der Waals surface area (Å²) in [5, 5.41) is 36.0. The molecule has 2 aromatic carbocycles. The fraction of sp³-hybridized carbons (Fsp3) is 0.462. The van der Waals surface area contributed by atoms with Crippen LogP contribution in [0.3, 0.4) is 0 Å². The monoisotopic (exact) mass is 504 g/mol. The Balaban J connectivity index is 0.000000308. The van der Waals surface area contributed by atoms with Crippen molar-refractivity contribution in [3.63, 3.8) is 0 Å². The SMILES string of the molecule is Fc1ccc(-c2ccccc2)c(CN(C2CCOCC2)[C@H]2CCNC2)c1.O=C(O)C(O)C(O)C(=O)O. The van der Waals surface area contributed by atoms with Crippen molar-refractivity contribution in [1.82, 2.24) is 10.2 Å². The largest absolute Gasteiger partial charge is 0.479 e. The van der Waals surface area contributed by atoms with Crippen LogP contribution in [0.15, 0.2) is 48.5 Å². The lowest BCUT2D eigenvalue weighted by Gasteiger charge is -2.38. The summed E-state index contributed by atoms with van der Waals surface area (Å²) >= 11 is 0. The first kappa shape index (κ1) is 27.7. The molecule has 2 aliphatic heterocycles. The molecule has 0 spiro atoms. The molecule has 2 fully saturated rings. The highest BCUT2D eigenvalue weighted by Crippen LogP contribution is 2.29. The van der Waals surface area contributed by atoms with E-state index in [4.69, 9.17) is 25.2 Å². The molecule has 10 heteroatoms. The van der Waals surface area contributed by atoms with Gasteiger partial charge in [-0.25, -0.2) is 14.0 Å². The second-order valence-corrected chi connectivity index (χ2v) is 8.90. The molecule has 36 heavy (non-hydrogen) atoms. The van der Waals surface area contributed by atoms with Crippen LogP contribution >= 0.6 is 0 Å². The van der Waals surface area contributed by atoms with E-state index in [0.717, 1.165) is 68.8 Å². The Morgan fingerprint density at radius 1 is 0.972 bits per heavy atom. The second-order valence-electron chi connectivity index (χ2n) is 8.90. The van der Waals surface area contributed by atoms with Gasteiger partial charge in [0.25, 0.3) is 0 Å². The lowest BCUT2D eigenvalue weighted by molar-refractivity contribution is -0.165. The first-order valence-corrected chi connectivity index (χ1v) is 12.0. The molecule has 2 saturated heterocycles. The average Bonchev–Trinajstić information content (AvgIpc) is 3.42. The average molecular weight is 505 g/mol. The Labute approximate surface area is 209 Å². The van der Waals surface area contributed by atoms with Gasteiger partial charge in [-0.3, -0.25) is 4.90 Å². The van der Waals surface area contributed by atoms with Crippen LogP contribution in [0, 0.1) is 5.82 Å². The van der Waals surface area contributed by atoms with Gasteiger partial charge >= 0.3 is 11.9 Å². The summed E-state index contributed by atoms with van der Waals surface area (Å²) in [6, 6.07) is 16.6. The summed E-state index contributed by atoms with van der Waals surface area (Å²) < 4.78 is 19.7. The minimum absolute atomic E-state index is 0.156. The van der Waals surface area contributed by atoms with Crippen LogP contribution in [-0.2, 0) is 20.9 Å². The number of carbonyl (C=O) groups is 2. The number of hydrogen-bond acceptors (Lipinski definition) is 7. The highest BCUT2D eigenvalue weighted by molar-refractivity contribution is 5.83. The minimum Gasteiger partial charge on any atom is -0.479 e. The number of carboxylic acids is 2. The van der Waals surface area contributed by atoms with Gasteiger partial charge in [0.05, 0.1) is 0 Å². The number of rotatable bonds is 8. The number of hydrogen-bond donors (Lipinski definition) is 5. The van der Waals surface area contributed by atoms with E-state index >= 15 is 0 Å². The number of benzene rings is 2. The molecule has 196 valence electrons. The van der Waals surface area contributed by atoms with Gasteiger partial charge in [0, 0.05) is 38.4 Å². The summed E-state index contributed by atoms with van der Waals surface area (Å²) in [4.78, 5) is 22.1. The number of halogens is 1. The van der Waals surface area contributed by atoms with Gasteiger partial charge in [0.15, 0.2) is 12.2 Å². The number of nitrogens with one attached hydrogen (secondary N) is 1. The van der Waals surface area contributed by atoms with Crippen molar-refractivity contribution in [1.29, 1.82) is 0 Å². The quantitative estimate of drug-likeness (QED) is 0.364. The summed E-state index contributed by atoms with van der Waals surface area (Å²) in [6.07, 6.45) is -1.25. The maximum atomic E-state index is 14.1. The van der Waals surface area contributed by atoms with Gasteiger partial charge in [0.2, 0.25) is 0 Å². The number of ether oxygens (including phenoxy) is 1. The van der Waals surface area contributed by atoms with Crippen molar-refractivity contribution in [2.45, 2.75) is 50.1 Å². The third kappa shape index (κ3) is 7.55. The predicted octanol–water partition coefficient (Wildman–Crippen LogP) is 1.71. The maximum absolute atomic E-state index is 14.1. The standard InChI is InChI=1S/C22H27FN2O.C4H6O6/c23-19-6-7-22(17-4-2-1-3-5-17)18(14-19)16-25(21-8-11-24-15-21)20-9-12-26-13-10-20;5-1(3(7)8)2(6)4(9)10/h1-7,14,20-21,24H,8-13,15-16H2;1-2,5-6H,(H,7,8)(H,9,10)/t21-;/m0./s1. The molecule has 0 saturated carbocycles. The van der Waals surface area contributed by atoms with E-state index in [0.29, 0.717) is 12.1 Å². The van der Waals surface area contributed by atoms with Crippen LogP contribution in [0.1, 0.15) is 24.8 Å². The normalized spacial score (nSPS) is 19.8. The van der Waals surface area contributed by atoms with E-state index in [1.54, 1.807) is 12.1 Å². The summed E-state index contributed by atoms with van der Waals surface area (Å²) in [5.74, 6) is -3.69. The molecule has 0 aromatic heterocycles. The first-order chi connectivity index (χ1) is 17.3. The molecule has 5 N–H and O–H groups in total. The fourth-order valence-corrected chi connectivity index (χ4v) is 4.55. The molecule has 0 radical (unpaired) electrons. The third-order valence-electron chi connectivity index (χ3n) is 6.47. The maximum Gasteiger partial charge on any atom is 0.335 e. The Hall–Kier alpha value is -2.89. The molecule has 9 nitrogen and oxygen atoms in total. The van der Waals surface area contributed by atoms with E-state index in [1.165, 1.54) is 0 Å². The van der Waals surface area contributed by atoms with E-state index in [9.17, 15) is 14.0 Å². The van der Waals surface area contributed by atoms with Gasteiger partial charge in [-0.2, -0.15) is 0 Å². The molecule has 0 amide bonds. The number of nitrogens with zero attached hydrogens (tertiary/aromatic N) is 1. The smallest absolute Gasteiger partial charge is 0.335 e. The number of aliphatic carboxylic acids is 2. The highest BCUT2D eigenvalue weighted by Gasteiger charge is 2.31. The third-order valence-corrected chi connectivity index (χ3v) is 6.47. The zero-order chi connectivity index (χ0) is 26.1. The summed E-state index contributed by atoms with van der Waals surface area (Å²) in [5.41, 5.74) is 3.36. The van der Waals surface area contributed by atoms with E-state index < -0.39 is 24.1 Å². The van der Waals surface area contributed by atoms with Crippen molar-refractivity contribution in [2.75, 3.05) is 26.3 Å². The van der Waals surface area contributed by atoms with E-state index in [1.807, 2.05) is 24.3 Å². The summed E-state index contributed by atoms with van der Waals surface area (Å²) in [7, 11) is 0. The molecule has 2 aromatic rings. The van der Waals surface area contributed by atoms with Crippen LogP contribution in [-0.4, -0.2) is 87.9 Å². The van der Waals surface area contributed by atoms with E-state index in [2.05, 4.69) is 22.3 Å². The van der Waals surface area contributed by atoms with Crippen molar-refractivity contribution in [3.05, 3.63) is 59.9 Å². The highest BCUT2D eigenvalue weighted by atomic mass is 19.1. The topological polar surface area (TPSA) is 140 Å². The lowest BCUT2D eigenvalue weighted by atomic mass is 9.96. The van der Waals surface area contributed by atoms with Crippen LogP contribution in [0.25, 0.3) is 11.1 Å². The molecule has 0 bridgehead atoms. The van der Waals surface area contributed by atoms with E-state index in [-0.39, 0.29) is 5.82 Å². The molecule has 2 aliphatic rings. The zero-order valence-corrected chi connectivity index (χ0v) is 19.9. The Kier molecular flexibility index (Phi) is 10.3. The predicted molar refractivity (Wildman–Crippen MR) is 130 cm³/mol. The van der Waals surface area contributed by atoms with Gasteiger partial charge in [-0.05, 0) is 54.6 Å². The van der Waals surface area contributed by atoms with Crippen LogP contribution < -0.4 is 5.32 Å². The minimum atomic E-state index is -2.27.